The standard InChI is InChI=1S/C22H28FN3O2/c1-25-13-11-20(12-14-25)26(16-18-3-7-19(23)8-4-18)22(27)24-15-17-5-9-21(28-2)10-6-17/h3-10,20H,11-16H2,1-2H3,(H,24,27). The molecule has 0 radical (unpaired) electrons. The predicted molar refractivity (Wildman–Crippen MR) is 108 cm³/mol. The number of ether oxygens (including phenoxy) is 1. The zero-order valence-corrected chi connectivity index (χ0v) is 16.5. The molecule has 0 aliphatic carbocycles. The van der Waals surface area contributed by atoms with Crippen molar-refractivity contribution in [2.24, 2.45) is 0 Å². The molecule has 0 saturated carbocycles. The molecule has 6 heteroatoms. The highest BCUT2D eigenvalue weighted by Gasteiger charge is 2.27. The Morgan fingerprint density at radius 1 is 1.11 bits per heavy atom. The maximum absolute atomic E-state index is 13.2. The minimum atomic E-state index is -0.265. The van der Waals surface area contributed by atoms with Gasteiger partial charge in [-0.2, -0.15) is 0 Å². The topological polar surface area (TPSA) is 44.8 Å². The van der Waals surface area contributed by atoms with Crippen molar-refractivity contribution in [1.29, 1.82) is 0 Å². The normalized spacial score (nSPS) is 15.2. The third kappa shape index (κ3) is 5.45. The molecule has 1 heterocycles. The average molecular weight is 385 g/mol. The Hall–Kier alpha value is -2.60. The first-order valence-corrected chi connectivity index (χ1v) is 9.65. The minimum Gasteiger partial charge on any atom is -0.497 e. The second kappa shape index (κ2) is 9.55. The highest BCUT2D eigenvalue weighted by molar-refractivity contribution is 5.74. The number of hydrogen-bond acceptors (Lipinski definition) is 3. The van der Waals surface area contributed by atoms with Crippen LogP contribution >= 0.6 is 0 Å². The van der Waals surface area contributed by atoms with Crippen molar-refractivity contribution in [2.45, 2.75) is 32.0 Å². The van der Waals surface area contributed by atoms with Crippen molar-refractivity contribution in [3.8, 4) is 5.75 Å². The number of hydrogen-bond donors (Lipinski definition) is 1. The van der Waals surface area contributed by atoms with Gasteiger partial charge in [-0.05, 0) is 68.4 Å². The maximum atomic E-state index is 13.2. The molecule has 1 saturated heterocycles. The molecule has 5 nitrogen and oxygen atoms in total. The van der Waals surface area contributed by atoms with E-state index < -0.39 is 0 Å². The van der Waals surface area contributed by atoms with E-state index in [1.54, 1.807) is 19.2 Å². The summed E-state index contributed by atoms with van der Waals surface area (Å²) < 4.78 is 18.4. The Kier molecular flexibility index (Phi) is 6.87. The molecular formula is C22H28FN3O2. The molecule has 2 aromatic rings. The molecule has 3 rings (SSSR count). The van der Waals surface area contributed by atoms with Crippen molar-refractivity contribution >= 4 is 6.03 Å². The van der Waals surface area contributed by atoms with Crippen LogP contribution in [0.1, 0.15) is 24.0 Å². The summed E-state index contributed by atoms with van der Waals surface area (Å²) in [7, 11) is 3.73. The van der Waals surface area contributed by atoms with E-state index in [0.29, 0.717) is 13.1 Å². The molecule has 2 amide bonds. The number of piperidine rings is 1. The lowest BCUT2D eigenvalue weighted by atomic mass is 10.0. The lowest BCUT2D eigenvalue weighted by Gasteiger charge is -2.37. The van der Waals surface area contributed by atoms with Crippen molar-refractivity contribution in [3.63, 3.8) is 0 Å². The molecule has 28 heavy (non-hydrogen) atoms. The number of methoxy groups -OCH3 is 1. The number of likely N-dealkylation sites (tertiary alicyclic amines) is 1. The van der Waals surface area contributed by atoms with Crippen LogP contribution in [-0.4, -0.2) is 49.1 Å². The van der Waals surface area contributed by atoms with Gasteiger partial charge in [-0.3, -0.25) is 0 Å². The molecule has 0 bridgehead atoms. The third-order valence-electron chi connectivity index (χ3n) is 5.26. The van der Waals surface area contributed by atoms with Gasteiger partial charge in [0.05, 0.1) is 7.11 Å². The van der Waals surface area contributed by atoms with Crippen LogP contribution in [0.3, 0.4) is 0 Å². The van der Waals surface area contributed by atoms with E-state index in [4.69, 9.17) is 4.74 Å². The molecule has 1 fully saturated rings. The number of nitrogens with one attached hydrogen (secondary N) is 1. The van der Waals surface area contributed by atoms with Gasteiger partial charge in [-0.15, -0.1) is 0 Å². The molecule has 1 aliphatic rings. The zero-order valence-electron chi connectivity index (χ0n) is 16.5. The fourth-order valence-corrected chi connectivity index (χ4v) is 3.48. The van der Waals surface area contributed by atoms with Crippen LogP contribution in [-0.2, 0) is 13.1 Å². The van der Waals surface area contributed by atoms with Gasteiger partial charge < -0.3 is 19.9 Å². The monoisotopic (exact) mass is 385 g/mol. The Labute approximate surface area is 166 Å². The van der Waals surface area contributed by atoms with E-state index in [0.717, 1.165) is 42.8 Å². The highest BCUT2D eigenvalue weighted by atomic mass is 19.1. The summed E-state index contributed by atoms with van der Waals surface area (Å²) in [5.74, 6) is 0.526. The first-order chi connectivity index (χ1) is 13.5. The molecule has 0 unspecified atom stereocenters. The van der Waals surface area contributed by atoms with E-state index in [1.807, 2.05) is 29.2 Å². The first kappa shape index (κ1) is 20.1. The number of nitrogens with zero attached hydrogens (tertiary/aromatic N) is 2. The number of urea groups is 1. The van der Waals surface area contributed by atoms with Gasteiger partial charge in [0.25, 0.3) is 0 Å². The van der Waals surface area contributed by atoms with Crippen molar-refractivity contribution in [2.75, 3.05) is 27.2 Å². The fourth-order valence-electron chi connectivity index (χ4n) is 3.48. The van der Waals surface area contributed by atoms with E-state index in [1.165, 1.54) is 12.1 Å². The van der Waals surface area contributed by atoms with Gasteiger partial charge >= 0.3 is 6.03 Å². The van der Waals surface area contributed by atoms with Crippen LogP contribution < -0.4 is 10.1 Å². The summed E-state index contributed by atoms with van der Waals surface area (Å²) in [5, 5.41) is 3.04. The molecule has 1 N–H and O–H groups in total. The second-order valence-electron chi connectivity index (χ2n) is 7.30. The zero-order chi connectivity index (χ0) is 19.9. The van der Waals surface area contributed by atoms with Crippen molar-refractivity contribution < 1.29 is 13.9 Å². The van der Waals surface area contributed by atoms with E-state index >= 15 is 0 Å². The average Bonchev–Trinajstić information content (AvgIpc) is 2.73. The summed E-state index contributed by atoms with van der Waals surface area (Å²) in [5.41, 5.74) is 1.94. The van der Waals surface area contributed by atoms with E-state index in [-0.39, 0.29) is 17.9 Å². The minimum absolute atomic E-state index is 0.0882. The van der Waals surface area contributed by atoms with E-state index in [2.05, 4.69) is 17.3 Å². The summed E-state index contributed by atoms with van der Waals surface area (Å²) in [6.07, 6.45) is 1.88. The largest absolute Gasteiger partial charge is 0.497 e. The number of carbonyl (C=O) groups is 1. The van der Waals surface area contributed by atoms with Crippen LogP contribution in [0.4, 0.5) is 9.18 Å². The first-order valence-electron chi connectivity index (χ1n) is 9.65. The Morgan fingerprint density at radius 3 is 2.32 bits per heavy atom. The summed E-state index contributed by atoms with van der Waals surface area (Å²) in [6, 6.07) is 14.1. The van der Waals surface area contributed by atoms with Crippen molar-refractivity contribution in [3.05, 3.63) is 65.5 Å². The summed E-state index contributed by atoms with van der Waals surface area (Å²) >= 11 is 0. The summed E-state index contributed by atoms with van der Waals surface area (Å²) in [4.78, 5) is 17.2. The molecule has 0 spiro atoms. The van der Waals surface area contributed by atoms with Crippen LogP contribution in [0, 0.1) is 5.82 Å². The molecular weight excluding hydrogens is 357 g/mol. The van der Waals surface area contributed by atoms with Gasteiger partial charge in [-0.1, -0.05) is 24.3 Å². The van der Waals surface area contributed by atoms with Crippen LogP contribution in [0.2, 0.25) is 0 Å². The van der Waals surface area contributed by atoms with Gasteiger partial charge in [-0.25, -0.2) is 9.18 Å². The van der Waals surface area contributed by atoms with Crippen LogP contribution in [0.25, 0.3) is 0 Å². The number of rotatable bonds is 6. The Bertz CT molecular complexity index is 756. The van der Waals surface area contributed by atoms with Crippen LogP contribution in [0.5, 0.6) is 5.75 Å². The maximum Gasteiger partial charge on any atom is 0.318 e. The number of carbonyl (C=O) groups excluding carboxylic acids is 1. The number of halogens is 1. The number of amides is 2. The molecule has 0 atom stereocenters. The van der Waals surface area contributed by atoms with E-state index in [9.17, 15) is 9.18 Å². The van der Waals surface area contributed by atoms with Gasteiger partial charge in [0.2, 0.25) is 0 Å². The Balaban J connectivity index is 1.67. The molecule has 0 aromatic heterocycles. The fraction of sp³-hybridized carbons (Fsp3) is 0.409. The van der Waals surface area contributed by atoms with Gasteiger partial charge in [0.1, 0.15) is 11.6 Å². The second-order valence-corrected chi connectivity index (χ2v) is 7.30. The molecule has 150 valence electrons. The highest BCUT2D eigenvalue weighted by Crippen LogP contribution is 2.19. The number of benzene rings is 2. The molecule has 1 aliphatic heterocycles. The lowest BCUT2D eigenvalue weighted by Crippen LogP contribution is -2.49. The third-order valence-corrected chi connectivity index (χ3v) is 5.26. The SMILES string of the molecule is COc1ccc(CNC(=O)N(Cc2ccc(F)cc2)C2CCN(C)CC2)cc1. The quantitative estimate of drug-likeness (QED) is 0.826. The van der Waals surface area contributed by atoms with Crippen LogP contribution in [0.15, 0.2) is 48.5 Å². The Morgan fingerprint density at radius 2 is 1.71 bits per heavy atom. The van der Waals surface area contributed by atoms with Crippen molar-refractivity contribution in [1.82, 2.24) is 15.1 Å². The molecule has 2 aromatic carbocycles. The lowest BCUT2D eigenvalue weighted by molar-refractivity contribution is 0.127. The van der Waals surface area contributed by atoms with Gasteiger partial charge in [0.15, 0.2) is 0 Å². The smallest absolute Gasteiger partial charge is 0.318 e. The summed E-state index contributed by atoms with van der Waals surface area (Å²) in [6.45, 7) is 2.87. The predicted octanol–water partition coefficient (Wildman–Crippen LogP) is 3.64. The van der Waals surface area contributed by atoms with Gasteiger partial charge in [0, 0.05) is 19.1 Å².